The zero-order valence-electron chi connectivity index (χ0n) is 8.58. The normalized spacial score (nSPS) is 9.86. The molecule has 0 fully saturated rings. The van der Waals surface area contributed by atoms with Crippen LogP contribution in [-0.4, -0.2) is 35.1 Å². The summed E-state index contributed by atoms with van der Waals surface area (Å²) in [6.45, 7) is 3.82. The molecule has 1 heterocycles. The summed E-state index contributed by atoms with van der Waals surface area (Å²) in [4.78, 5) is 8.43. The fourth-order valence-electron chi connectivity index (χ4n) is 0.999. The van der Waals surface area contributed by atoms with Crippen LogP contribution in [0.15, 0.2) is 12.4 Å². The van der Waals surface area contributed by atoms with Gasteiger partial charge < -0.3 is 10.6 Å². The van der Waals surface area contributed by atoms with Crippen LogP contribution in [0.5, 0.6) is 0 Å². The van der Waals surface area contributed by atoms with E-state index in [-0.39, 0.29) is 0 Å². The lowest BCUT2D eigenvalue weighted by Gasteiger charge is -2.06. The Balaban J connectivity index is 2.46. The van der Waals surface area contributed by atoms with Crippen LogP contribution >= 0.6 is 11.8 Å². The second-order valence-corrected chi connectivity index (χ2v) is 3.73. The van der Waals surface area contributed by atoms with Crippen LogP contribution in [0.25, 0.3) is 0 Å². The molecule has 0 aliphatic heterocycles. The standard InChI is InChI=1S/C9H16N4S/c1-3-11-8-6-10-7-9(13-8)12-4-5-14-2/h6-7H,3-5H2,1-2H3,(H2,11,12,13). The first kappa shape index (κ1) is 11.1. The molecular weight excluding hydrogens is 196 g/mol. The van der Waals surface area contributed by atoms with Crippen molar-refractivity contribution in [1.82, 2.24) is 9.97 Å². The number of hydrogen-bond acceptors (Lipinski definition) is 5. The van der Waals surface area contributed by atoms with Crippen molar-refractivity contribution >= 4 is 23.4 Å². The van der Waals surface area contributed by atoms with Gasteiger partial charge in [0.05, 0.1) is 12.4 Å². The maximum Gasteiger partial charge on any atom is 0.146 e. The van der Waals surface area contributed by atoms with Crippen molar-refractivity contribution in [2.75, 3.05) is 35.7 Å². The van der Waals surface area contributed by atoms with Gasteiger partial charge in [0.1, 0.15) is 11.6 Å². The van der Waals surface area contributed by atoms with Crippen molar-refractivity contribution in [2.24, 2.45) is 0 Å². The molecule has 0 aliphatic rings. The van der Waals surface area contributed by atoms with Gasteiger partial charge in [0.25, 0.3) is 0 Å². The van der Waals surface area contributed by atoms with E-state index >= 15 is 0 Å². The van der Waals surface area contributed by atoms with E-state index in [2.05, 4.69) is 26.9 Å². The van der Waals surface area contributed by atoms with Crippen molar-refractivity contribution in [1.29, 1.82) is 0 Å². The molecule has 0 unspecified atom stereocenters. The topological polar surface area (TPSA) is 49.8 Å². The second kappa shape index (κ2) is 6.48. The summed E-state index contributed by atoms with van der Waals surface area (Å²) in [5.41, 5.74) is 0. The van der Waals surface area contributed by atoms with E-state index in [1.54, 1.807) is 12.4 Å². The van der Waals surface area contributed by atoms with E-state index in [0.29, 0.717) is 0 Å². The van der Waals surface area contributed by atoms with E-state index in [4.69, 9.17) is 0 Å². The van der Waals surface area contributed by atoms with Gasteiger partial charge in [-0.2, -0.15) is 11.8 Å². The Hall–Kier alpha value is -0.970. The van der Waals surface area contributed by atoms with Crippen molar-refractivity contribution in [3.63, 3.8) is 0 Å². The van der Waals surface area contributed by atoms with Gasteiger partial charge in [0.2, 0.25) is 0 Å². The minimum absolute atomic E-state index is 0.821. The molecule has 14 heavy (non-hydrogen) atoms. The number of hydrogen-bond donors (Lipinski definition) is 2. The monoisotopic (exact) mass is 212 g/mol. The van der Waals surface area contributed by atoms with Crippen molar-refractivity contribution in [2.45, 2.75) is 6.92 Å². The highest BCUT2D eigenvalue weighted by Crippen LogP contribution is 2.06. The quantitative estimate of drug-likeness (QED) is 0.703. The molecular formula is C9H16N4S. The first-order valence-electron chi connectivity index (χ1n) is 4.65. The summed E-state index contributed by atoms with van der Waals surface area (Å²) < 4.78 is 0. The second-order valence-electron chi connectivity index (χ2n) is 2.74. The fraction of sp³-hybridized carbons (Fsp3) is 0.556. The third-order valence-corrected chi connectivity index (χ3v) is 2.22. The number of thioether (sulfide) groups is 1. The van der Waals surface area contributed by atoms with Crippen molar-refractivity contribution in [3.8, 4) is 0 Å². The van der Waals surface area contributed by atoms with Gasteiger partial charge in [-0.05, 0) is 13.2 Å². The van der Waals surface area contributed by atoms with Crippen molar-refractivity contribution < 1.29 is 0 Å². The molecule has 0 saturated carbocycles. The highest BCUT2D eigenvalue weighted by Gasteiger charge is 1.95. The molecule has 1 rings (SSSR count). The van der Waals surface area contributed by atoms with Crippen LogP contribution in [0.4, 0.5) is 11.6 Å². The SMILES string of the molecule is CCNc1cncc(NCCSC)n1. The van der Waals surface area contributed by atoms with Crippen LogP contribution in [0.2, 0.25) is 0 Å². The Morgan fingerprint density at radius 1 is 1.29 bits per heavy atom. The van der Waals surface area contributed by atoms with Crippen LogP contribution in [0, 0.1) is 0 Å². The van der Waals surface area contributed by atoms with Crippen LogP contribution in [0.3, 0.4) is 0 Å². The lowest BCUT2D eigenvalue weighted by molar-refractivity contribution is 1.09. The number of aromatic nitrogens is 2. The Morgan fingerprint density at radius 2 is 2.00 bits per heavy atom. The van der Waals surface area contributed by atoms with Crippen LogP contribution in [0.1, 0.15) is 6.92 Å². The van der Waals surface area contributed by atoms with E-state index in [1.165, 1.54) is 0 Å². The summed E-state index contributed by atoms with van der Waals surface area (Å²) >= 11 is 1.81. The predicted octanol–water partition coefficient (Wildman–Crippen LogP) is 1.68. The minimum atomic E-state index is 0.821. The molecule has 0 saturated heterocycles. The zero-order valence-corrected chi connectivity index (χ0v) is 9.40. The van der Waals surface area contributed by atoms with E-state index in [1.807, 2.05) is 18.7 Å². The third kappa shape index (κ3) is 3.83. The molecule has 0 bridgehead atoms. The highest BCUT2D eigenvalue weighted by molar-refractivity contribution is 7.98. The van der Waals surface area contributed by atoms with Gasteiger partial charge in [-0.1, -0.05) is 0 Å². The average molecular weight is 212 g/mol. The summed E-state index contributed by atoms with van der Waals surface area (Å²) in [6.07, 6.45) is 5.55. The van der Waals surface area contributed by atoms with Gasteiger partial charge >= 0.3 is 0 Å². The molecule has 0 atom stereocenters. The smallest absolute Gasteiger partial charge is 0.146 e. The molecule has 0 amide bonds. The molecule has 1 aromatic heterocycles. The molecule has 78 valence electrons. The highest BCUT2D eigenvalue weighted by atomic mass is 32.2. The largest absolute Gasteiger partial charge is 0.369 e. The van der Waals surface area contributed by atoms with E-state index in [9.17, 15) is 0 Å². The first-order valence-corrected chi connectivity index (χ1v) is 6.05. The summed E-state index contributed by atoms with van der Waals surface area (Å²) in [5.74, 6) is 2.73. The van der Waals surface area contributed by atoms with Gasteiger partial charge in [-0.3, -0.25) is 4.98 Å². The molecule has 2 N–H and O–H groups in total. The number of rotatable bonds is 6. The molecule has 0 aromatic carbocycles. The number of anilines is 2. The lowest BCUT2D eigenvalue weighted by atomic mass is 10.5. The Bertz CT molecular complexity index is 267. The van der Waals surface area contributed by atoms with Gasteiger partial charge in [0.15, 0.2) is 0 Å². The summed E-state index contributed by atoms with van der Waals surface area (Å²) in [6, 6.07) is 0. The predicted molar refractivity (Wildman–Crippen MR) is 63.1 cm³/mol. The van der Waals surface area contributed by atoms with Gasteiger partial charge in [-0.25, -0.2) is 4.98 Å². The third-order valence-electron chi connectivity index (χ3n) is 1.60. The Morgan fingerprint density at radius 3 is 2.64 bits per heavy atom. The average Bonchev–Trinajstić information content (AvgIpc) is 2.19. The molecule has 5 heteroatoms. The molecule has 0 radical (unpaired) electrons. The Kier molecular flexibility index (Phi) is 5.14. The lowest BCUT2D eigenvalue weighted by Crippen LogP contribution is -2.07. The molecule has 0 aliphatic carbocycles. The Labute approximate surface area is 88.9 Å². The fourth-order valence-corrected chi connectivity index (χ4v) is 1.30. The first-order chi connectivity index (χ1) is 6.86. The van der Waals surface area contributed by atoms with E-state index < -0.39 is 0 Å². The number of nitrogens with one attached hydrogen (secondary N) is 2. The maximum atomic E-state index is 4.34. The van der Waals surface area contributed by atoms with Gasteiger partial charge in [-0.15, -0.1) is 0 Å². The molecule has 4 nitrogen and oxygen atoms in total. The van der Waals surface area contributed by atoms with Gasteiger partial charge in [0, 0.05) is 18.8 Å². The number of nitrogens with zero attached hydrogens (tertiary/aromatic N) is 2. The maximum absolute atomic E-state index is 4.34. The van der Waals surface area contributed by atoms with Crippen LogP contribution < -0.4 is 10.6 Å². The van der Waals surface area contributed by atoms with Crippen molar-refractivity contribution in [3.05, 3.63) is 12.4 Å². The van der Waals surface area contributed by atoms with Crippen LogP contribution in [-0.2, 0) is 0 Å². The molecule has 1 aromatic rings. The molecule has 0 spiro atoms. The zero-order chi connectivity index (χ0) is 10.2. The van der Waals surface area contributed by atoms with E-state index in [0.717, 1.165) is 30.5 Å². The minimum Gasteiger partial charge on any atom is -0.369 e. The summed E-state index contributed by atoms with van der Waals surface area (Å²) in [7, 11) is 0. The summed E-state index contributed by atoms with van der Waals surface area (Å²) in [5, 5.41) is 6.33.